The molecule has 19 heavy (non-hydrogen) atoms. The van der Waals surface area contributed by atoms with Gasteiger partial charge in [0.15, 0.2) is 0 Å². The lowest BCUT2D eigenvalue weighted by molar-refractivity contribution is 0.760. The summed E-state index contributed by atoms with van der Waals surface area (Å²) in [5.41, 5.74) is 1.56. The van der Waals surface area contributed by atoms with Crippen molar-refractivity contribution in [1.29, 1.82) is 0 Å². The third-order valence-corrected chi connectivity index (χ3v) is 5.49. The molecule has 102 valence electrons. The molecule has 0 radical (unpaired) electrons. The first-order chi connectivity index (χ1) is 9.20. The number of benzene rings is 1. The molecule has 2 rings (SSSR count). The van der Waals surface area contributed by atoms with Gasteiger partial charge in [-0.15, -0.1) is 0 Å². The zero-order valence-electron chi connectivity index (χ0n) is 12.4. The average molecular weight is 271 g/mol. The summed E-state index contributed by atoms with van der Waals surface area (Å²) in [5, 5.41) is 7.61. The van der Waals surface area contributed by atoms with Crippen molar-refractivity contribution in [1.82, 2.24) is 5.32 Å². The van der Waals surface area contributed by atoms with Gasteiger partial charge in [-0.3, -0.25) is 0 Å². The van der Waals surface area contributed by atoms with Gasteiger partial charge in [0, 0.05) is 0 Å². The molecule has 0 saturated carbocycles. The van der Waals surface area contributed by atoms with E-state index in [0.717, 1.165) is 19.4 Å². The molecule has 0 atom stereocenters. The van der Waals surface area contributed by atoms with Crippen LogP contribution in [-0.4, -0.2) is 22.4 Å². The van der Waals surface area contributed by atoms with Crippen LogP contribution < -0.4 is 20.9 Å². The van der Waals surface area contributed by atoms with Crippen molar-refractivity contribution >= 4 is 26.1 Å². The number of rotatable bonds is 4. The van der Waals surface area contributed by atoms with Crippen LogP contribution in [0.5, 0.6) is 0 Å². The van der Waals surface area contributed by atoms with Crippen molar-refractivity contribution in [3.05, 3.63) is 40.3 Å². The van der Waals surface area contributed by atoms with Crippen molar-refractivity contribution in [2.45, 2.75) is 32.4 Å². The zero-order chi connectivity index (χ0) is 13.7. The molecule has 0 unspecified atom stereocenters. The van der Waals surface area contributed by atoms with Gasteiger partial charge in [0.05, 0.1) is 8.80 Å². The molecule has 1 aliphatic rings. The summed E-state index contributed by atoms with van der Waals surface area (Å²) < 4.78 is 0. The average Bonchev–Trinajstić information content (AvgIpc) is 2.38. The second kappa shape index (κ2) is 6.87. The Labute approximate surface area is 118 Å². The van der Waals surface area contributed by atoms with Gasteiger partial charge in [-0.05, 0) is 43.3 Å². The molecule has 1 aromatic carbocycles. The van der Waals surface area contributed by atoms with Crippen molar-refractivity contribution < 1.29 is 0 Å². The van der Waals surface area contributed by atoms with Crippen LogP contribution >= 0.6 is 0 Å². The summed E-state index contributed by atoms with van der Waals surface area (Å²) >= 11 is 0. The van der Waals surface area contributed by atoms with Crippen LogP contribution in [-0.2, 0) is 0 Å². The van der Waals surface area contributed by atoms with E-state index in [1.807, 2.05) is 7.05 Å². The molecule has 1 aliphatic carbocycles. The highest BCUT2D eigenvalue weighted by Gasteiger charge is 2.02. The number of nitrogens with one attached hydrogen (secondary N) is 1. The fourth-order valence-electron chi connectivity index (χ4n) is 2.48. The van der Waals surface area contributed by atoms with Crippen molar-refractivity contribution in [2.24, 2.45) is 0 Å². The van der Waals surface area contributed by atoms with Gasteiger partial charge in [0.2, 0.25) is 0 Å². The van der Waals surface area contributed by atoms with E-state index >= 15 is 0 Å². The second-order valence-electron chi connectivity index (χ2n) is 5.63. The predicted molar refractivity (Wildman–Crippen MR) is 89.0 cm³/mol. The van der Waals surface area contributed by atoms with Crippen molar-refractivity contribution in [3.8, 4) is 0 Å². The Morgan fingerprint density at radius 3 is 2.74 bits per heavy atom. The van der Waals surface area contributed by atoms with E-state index in [0.29, 0.717) is 0 Å². The van der Waals surface area contributed by atoms with Gasteiger partial charge >= 0.3 is 0 Å². The van der Waals surface area contributed by atoms with Gasteiger partial charge in [-0.1, -0.05) is 60.3 Å². The molecule has 1 N–H and O–H groups in total. The quantitative estimate of drug-likeness (QED) is 0.813. The molecule has 0 aromatic heterocycles. The van der Waals surface area contributed by atoms with E-state index < -0.39 is 8.80 Å². The van der Waals surface area contributed by atoms with Crippen LogP contribution in [0.2, 0.25) is 13.1 Å². The van der Waals surface area contributed by atoms with E-state index in [2.05, 4.69) is 54.8 Å². The zero-order valence-corrected chi connectivity index (χ0v) is 13.5. The Bertz CT molecular complexity index is 569. The molecule has 0 heterocycles. The summed E-state index contributed by atoms with van der Waals surface area (Å²) in [6, 6.07) is 7.04. The minimum absolute atomic E-state index is 0.703. The fraction of sp³-hybridized carbons (Fsp3) is 0.412. The maximum absolute atomic E-state index is 3.23. The molecular weight excluding hydrogens is 246 g/mol. The first-order valence-corrected chi connectivity index (χ1v) is 10.2. The Hall–Kier alpha value is -1.12. The fourth-order valence-corrected chi connectivity index (χ4v) is 3.47. The number of fused-ring (bicyclic) bond motifs is 1. The Morgan fingerprint density at radius 1 is 1.16 bits per heavy atom. The van der Waals surface area contributed by atoms with E-state index in [1.165, 1.54) is 16.9 Å². The predicted octanol–water partition coefficient (Wildman–Crippen LogP) is 1.27. The highest BCUT2D eigenvalue weighted by atomic mass is 28.3. The standard InChI is InChI=1S/C17H25NSi/c1-18-12-11-14-5-4-6-15-9-10-17(19(2)3)13-16(15)8-7-14/h6-10,13,18-19H,4-5,11-12H2,1-3H3. The number of hydrogen-bond donors (Lipinski definition) is 1. The molecule has 0 amide bonds. The maximum atomic E-state index is 3.23. The van der Waals surface area contributed by atoms with Crippen LogP contribution in [0.4, 0.5) is 0 Å². The number of hydrogen-bond acceptors (Lipinski definition) is 1. The third kappa shape index (κ3) is 3.92. The van der Waals surface area contributed by atoms with Gasteiger partial charge in [0.1, 0.15) is 0 Å². The topological polar surface area (TPSA) is 12.0 Å². The van der Waals surface area contributed by atoms with Crippen molar-refractivity contribution in [3.63, 3.8) is 0 Å². The minimum Gasteiger partial charge on any atom is -0.319 e. The normalized spacial score (nSPS) is 14.8. The molecule has 2 heteroatoms. The first-order valence-electron chi connectivity index (χ1n) is 7.35. The second-order valence-corrected chi connectivity index (χ2v) is 8.61. The van der Waals surface area contributed by atoms with E-state index in [4.69, 9.17) is 0 Å². The molecule has 0 aliphatic heterocycles. The summed E-state index contributed by atoms with van der Waals surface area (Å²) in [7, 11) is 1.32. The van der Waals surface area contributed by atoms with E-state index in [1.54, 1.807) is 10.8 Å². The maximum Gasteiger partial charge on any atom is 0.0647 e. The van der Waals surface area contributed by atoms with Crippen LogP contribution in [0.1, 0.15) is 19.3 Å². The Kier molecular flexibility index (Phi) is 5.17. The molecule has 1 aromatic rings. The molecule has 1 nitrogen and oxygen atoms in total. The molecule has 0 fully saturated rings. The van der Waals surface area contributed by atoms with Crippen molar-refractivity contribution in [2.75, 3.05) is 13.6 Å². The summed E-state index contributed by atoms with van der Waals surface area (Å²) in [6.07, 6.45) is 10.6. The van der Waals surface area contributed by atoms with Crippen LogP contribution in [0.3, 0.4) is 0 Å². The lowest BCUT2D eigenvalue weighted by Gasteiger charge is -2.08. The smallest absolute Gasteiger partial charge is 0.0647 e. The highest BCUT2D eigenvalue weighted by Crippen LogP contribution is 2.10. The molecular formula is C17H25NSi. The third-order valence-electron chi connectivity index (χ3n) is 3.80. The lowest BCUT2D eigenvalue weighted by Crippen LogP contribution is -2.34. The Balaban J connectivity index is 2.37. The SMILES string of the molecule is CNCCC1=CC=c2cc([SiH](C)C)ccc2=CCC1. The van der Waals surface area contributed by atoms with Gasteiger partial charge < -0.3 is 5.32 Å². The van der Waals surface area contributed by atoms with Gasteiger partial charge in [-0.25, -0.2) is 0 Å². The Morgan fingerprint density at radius 2 is 2.00 bits per heavy atom. The van der Waals surface area contributed by atoms with Crippen LogP contribution in [0.15, 0.2) is 29.8 Å². The van der Waals surface area contributed by atoms with Crippen LogP contribution in [0.25, 0.3) is 12.2 Å². The highest BCUT2D eigenvalue weighted by molar-refractivity contribution is 6.70. The molecule has 0 saturated heterocycles. The minimum atomic E-state index is -0.703. The first kappa shape index (κ1) is 14.3. The lowest BCUT2D eigenvalue weighted by atomic mass is 10.0. The molecule has 0 bridgehead atoms. The van der Waals surface area contributed by atoms with Crippen LogP contribution in [0, 0.1) is 0 Å². The monoisotopic (exact) mass is 271 g/mol. The van der Waals surface area contributed by atoms with E-state index in [9.17, 15) is 0 Å². The van der Waals surface area contributed by atoms with Gasteiger partial charge in [-0.2, -0.15) is 0 Å². The molecule has 0 spiro atoms. The summed E-state index contributed by atoms with van der Waals surface area (Å²) in [5.74, 6) is 0. The summed E-state index contributed by atoms with van der Waals surface area (Å²) in [6.45, 7) is 5.86. The number of allylic oxidation sites excluding steroid dienone is 1. The summed E-state index contributed by atoms with van der Waals surface area (Å²) in [4.78, 5) is 0. The largest absolute Gasteiger partial charge is 0.319 e. The van der Waals surface area contributed by atoms with Gasteiger partial charge in [0.25, 0.3) is 0 Å². The van der Waals surface area contributed by atoms with E-state index in [-0.39, 0.29) is 0 Å².